The molecular formula is C66H58BN3S. The van der Waals surface area contributed by atoms with Gasteiger partial charge in [-0.15, -0.1) is 11.3 Å². The molecule has 0 N–H and O–H groups in total. The van der Waals surface area contributed by atoms with E-state index >= 15 is 0 Å². The first-order valence-corrected chi connectivity index (χ1v) is 26.1. The van der Waals surface area contributed by atoms with Crippen LogP contribution in [-0.4, -0.2) is 11.3 Å². The number of aromatic nitrogens is 1. The van der Waals surface area contributed by atoms with Crippen LogP contribution in [0.1, 0.15) is 74.9 Å². The molecule has 9 aromatic carbocycles. The molecule has 0 saturated carbocycles. The predicted molar refractivity (Wildman–Crippen MR) is 309 cm³/mol. The van der Waals surface area contributed by atoms with Gasteiger partial charge in [-0.25, -0.2) is 0 Å². The summed E-state index contributed by atoms with van der Waals surface area (Å²) in [7, 11) is 0. The van der Waals surface area contributed by atoms with Crippen LogP contribution in [0.3, 0.4) is 0 Å². The Labute approximate surface area is 422 Å². The number of anilines is 6. The number of fused-ring (bicyclic) bond motifs is 10. The average molecular weight is 936 g/mol. The van der Waals surface area contributed by atoms with Crippen LogP contribution in [-0.2, 0) is 10.8 Å². The van der Waals surface area contributed by atoms with Crippen molar-refractivity contribution in [2.24, 2.45) is 0 Å². The molecule has 2 aliphatic heterocycles. The van der Waals surface area contributed by atoms with Crippen molar-refractivity contribution in [3.05, 3.63) is 203 Å². The minimum atomic E-state index is -0.143. The third-order valence-electron chi connectivity index (χ3n) is 15.7. The zero-order chi connectivity index (χ0) is 48.8. The van der Waals surface area contributed by atoms with Gasteiger partial charge >= 0.3 is 0 Å². The molecule has 11 aromatic rings. The average Bonchev–Trinajstić information content (AvgIpc) is 3.89. The number of benzene rings is 9. The minimum Gasteiger partial charge on any atom is -0.311 e. The maximum absolute atomic E-state index is 2.66. The Hall–Kier alpha value is -7.34. The lowest BCUT2D eigenvalue weighted by atomic mass is 9.33. The van der Waals surface area contributed by atoms with Gasteiger partial charge in [0.2, 0.25) is 0 Å². The number of thiophene rings is 1. The van der Waals surface area contributed by atoms with Crippen molar-refractivity contribution < 1.29 is 0 Å². The van der Waals surface area contributed by atoms with Crippen LogP contribution in [0, 0.1) is 27.7 Å². The van der Waals surface area contributed by atoms with E-state index in [-0.39, 0.29) is 17.5 Å². The lowest BCUT2D eigenvalue weighted by Crippen LogP contribution is -2.61. The maximum atomic E-state index is 2.66. The highest BCUT2D eigenvalue weighted by Crippen LogP contribution is 2.51. The fourth-order valence-corrected chi connectivity index (χ4v) is 13.5. The SMILES string of the molecule is Cc1cc(-c2cccc3c2sc2ccccc23)cc(C)c1N1c2ccc(C(C)(C)C)cc2B2c3cc4c5ccccc5n(-c5ccccc5)c4cc3N(c3c(C)cccc3C)c3cc(C(C)(C)C)cc1c32. The second kappa shape index (κ2) is 15.6. The molecule has 346 valence electrons. The Balaban J connectivity index is 1.14. The molecule has 5 heteroatoms. The quantitative estimate of drug-likeness (QED) is 0.163. The Morgan fingerprint density at radius 2 is 1.01 bits per heavy atom. The molecule has 0 spiro atoms. The Bertz CT molecular complexity index is 3980. The van der Waals surface area contributed by atoms with Crippen molar-refractivity contribution in [2.45, 2.75) is 80.1 Å². The summed E-state index contributed by atoms with van der Waals surface area (Å²) in [5.74, 6) is 0. The molecular weight excluding hydrogens is 878 g/mol. The lowest BCUT2D eigenvalue weighted by Gasteiger charge is -2.46. The summed E-state index contributed by atoms with van der Waals surface area (Å²) in [6.45, 7) is 23.4. The number of hydrogen-bond acceptors (Lipinski definition) is 3. The first-order chi connectivity index (χ1) is 34.2. The normalized spacial score (nSPS) is 13.4. The van der Waals surface area contributed by atoms with E-state index in [0.717, 1.165) is 5.69 Å². The number of hydrogen-bond donors (Lipinski definition) is 0. The molecule has 0 fully saturated rings. The molecule has 2 aliphatic rings. The summed E-state index contributed by atoms with van der Waals surface area (Å²) >= 11 is 1.91. The second-order valence-electron chi connectivity index (χ2n) is 22.4. The van der Waals surface area contributed by atoms with Gasteiger partial charge in [-0.05, 0) is 160 Å². The van der Waals surface area contributed by atoms with Gasteiger partial charge < -0.3 is 14.4 Å². The monoisotopic (exact) mass is 935 g/mol. The lowest BCUT2D eigenvalue weighted by molar-refractivity contribution is 0.590. The van der Waals surface area contributed by atoms with Crippen LogP contribution < -0.4 is 26.2 Å². The van der Waals surface area contributed by atoms with E-state index in [4.69, 9.17) is 0 Å². The van der Waals surface area contributed by atoms with E-state index in [1.54, 1.807) is 0 Å². The summed E-state index contributed by atoms with van der Waals surface area (Å²) in [6, 6.07) is 64.9. The molecule has 4 heterocycles. The Morgan fingerprint density at radius 1 is 0.423 bits per heavy atom. The van der Waals surface area contributed by atoms with Gasteiger partial charge in [-0.2, -0.15) is 0 Å². The van der Waals surface area contributed by atoms with Crippen LogP contribution >= 0.6 is 11.3 Å². The summed E-state index contributed by atoms with van der Waals surface area (Å²) < 4.78 is 5.15. The van der Waals surface area contributed by atoms with E-state index < -0.39 is 0 Å². The van der Waals surface area contributed by atoms with Gasteiger partial charge in [0.1, 0.15) is 0 Å². The molecule has 2 aromatic heterocycles. The first-order valence-electron chi connectivity index (χ1n) is 25.3. The Kier molecular flexibility index (Phi) is 9.58. The highest BCUT2D eigenvalue weighted by Gasteiger charge is 2.46. The fourth-order valence-electron chi connectivity index (χ4n) is 12.3. The molecule has 0 bridgehead atoms. The van der Waals surface area contributed by atoms with Crippen molar-refractivity contribution in [3.63, 3.8) is 0 Å². The summed E-state index contributed by atoms with van der Waals surface area (Å²) in [4.78, 5) is 5.32. The summed E-state index contributed by atoms with van der Waals surface area (Å²) in [5, 5.41) is 5.19. The van der Waals surface area contributed by atoms with E-state index in [1.165, 1.54) is 137 Å². The van der Waals surface area contributed by atoms with Crippen LogP contribution in [0.4, 0.5) is 34.1 Å². The first kappa shape index (κ1) is 43.7. The van der Waals surface area contributed by atoms with E-state index in [0.29, 0.717) is 0 Å². The molecule has 0 saturated heterocycles. The number of rotatable bonds is 4. The summed E-state index contributed by atoms with van der Waals surface area (Å²) in [6.07, 6.45) is 0. The zero-order valence-electron chi connectivity index (χ0n) is 42.5. The van der Waals surface area contributed by atoms with Gasteiger partial charge in [0.25, 0.3) is 6.71 Å². The highest BCUT2D eigenvalue weighted by atomic mass is 32.1. The second-order valence-corrected chi connectivity index (χ2v) is 23.5. The molecule has 0 atom stereocenters. The molecule has 0 aliphatic carbocycles. The zero-order valence-corrected chi connectivity index (χ0v) is 43.3. The van der Waals surface area contributed by atoms with Crippen molar-refractivity contribution in [3.8, 4) is 16.8 Å². The van der Waals surface area contributed by atoms with Gasteiger partial charge in [-0.1, -0.05) is 151 Å². The number of para-hydroxylation sites is 3. The van der Waals surface area contributed by atoms with Gasteiger partial charge in [-0.3, -0.25) is 0 Å². The number of aryl methyl sites for hydroxylation is 4. The standard InChI is InChI=1S/C66H58BN3S/c1-39-20-18-21-40(2)62(39)70-57-38-56-51(48-24-14-16-28-54(48)68(56)46-22-12-11-13-23-46)37-53(57)67-52-34-44(65(5,6)7)30-31-55(52)69(58-35-45(66(8,9)10)36-59(70)61(58)67)63-41(3)32-43(33-42(63)4)47-26-19-27-50-49-25-15-17-29-60(49)71-64(47)50/h11-38H,1-10H3. The van der Waals surface area contributed by atoms with Crippen molar-refractivity contribution in [2.75, 3.05) is 9.80 Å². The van der Waals surface area contributed by atoms with E-state index in [2.05, 4.69) is 253 Å². The smallest absolute Gasteiger partial charge is 0.252 e. The van der Waals surface area contributed by atoms with Crippen molar-refractivity contribution >= 4 is 111 Å². The molecule has 13 rings (SSSR count). The third kappa shape index (κ3) is 6.55. The van der Waals surface area contributed by atoms with Crippen LogP contribution in [0.5, 0.6) is 0 Å². The topological polar surface area (TPSA) is 11.4 Å². The van der Waals surface area contributed by atoms with Crippen molar-refractivity contribution in [1.82, 2.24) is 4.57 Å². The van der Waals surface area contributed by atoms with Gasteiger partial charge in [0, 0.05) is 59.4 Å². The van der Waals surface area contributed by atoms with Crippen LogP contribution in [0.2, 0.25) is 0 Å². The van der Waals surface area contributed by atoms with Crippen LogP contribution in [0.25, 0.3) is 58.8 Å². The molecule has 0 amide bonds. The maximum Gasteiger partial charge on any atom is 0.252 e. The largest absolute Gasteiger partial charge is 0.311 e. The van der Waals surface area contributed by atoms with Gasteiger partial charge in [0.05, 0.1) is 22.4 Å². The van der Waals surface area contributed by atoms with Gasteiger partial charge in [0.15, 0.2) is 0 Å². The highest BCUT2D eigenvalue weighted by molar-refractivity contribution is 7.26. The fraction of sp³-hybridized carbons (Fsp3) is 0.182. The van der Waals surface area contributed by atoms with Crippen LogP contribution in [0.15, 0.2) is 170 Å². The molecule has 0 radical (unpaired) electrons. The molecule has 0 unspecified atom stereocenters. The number of nitrogens with zero attached hydrogens (tertiary/aromatic N) is 3. The molecule has 3 nitrogen and oxygen atoms in total. The predicted octanol–water partition coefficient (Wildman–Crippen LogP) is 16.7. The van der Waals surface area contributed by atoms with Crippen molar-refractivity contribution in [1.29, 1.82) is 0 Å². The van der Waals surface area contributed by atoms with E-state index in [9.17, 15) is 0 Å². The minimum absolute atomic E-state index is 0.0353. The summed E-state index contributed by atoms with van der Waals surface area (Å²) in [5.41, 5.74) is 25.2. The molecule has 71 heavy (non-hydrogen) atoms. The van der Waals surface area contributed by atoms with E-state index in [1.807, 2.05) is 11.3 Å². The Morgan fingerprint density at radius 3 is 1.72 bits per heavy atom. The third-order valence-corrected chi connectivity index (χ3v) is 16.9.